The third kappa shape index (κ3) is 3.80. The summed E-state index contributed by atoms with van der Waals surface area (Å²) in [6.07, 6.45) is 5.42. The van der Waals surface area contributed by atoms with E-state index in [1.54, 1.807) is 11.3 Å². The van der Waals surface area contributed by atoms with Gasteiger partial charge in [-0.2, -0.15) is 11.3 Å². The first-order valence-electron chi connectivity index (χ1n) is 5.66. The Labute approximate surface area is 97.2 Å². The Balaban J connectivity index is 2.62. The van der Waals surface area contributed by atoms with E-state index in [1.165, 1.54) is 17.5 Å². The predicted octanol–water partition coefficient (Wildman–Crippen LogP) is 4.06. The predicted molar refractivity (Wildman–Crippen MR) is 69.5 cm³/mol. The van der Waals surface area contributed by atoms with E-state index in [0.29, 0.717) is 6.04 Å². The number of thiophene rings is 1. The summed E-state index contributed by atoms with van der Waals surface area (Å²) in [6, 6.07) is 0.509. The summed E-state index contributed by atoms with van der Waals surface area (Å²) in [5.41, 5.74) is 2.88. The first-order chi connectivity index (χ1) is 7.29. The fourth-order valence-corrected chi connectivity index (χ4v) is 2.60. The van der Waals surface area contributed by atoms with E-state index in [0.717, 1.165) is 19.4 Å². The van der Waals surface area contributed by atoms with Crippen LogP contribution >= 0.6 is 11.3 Å². The van der Waals surface area contributed by atoms with E-state index in [1.807, 2.05) is 6.08 Å². The van der Waals surface area contributed by atoms with Gasteiger partial charge in [-0.05, 0) is 54.6 Å². The second-order valence-corrected chi connectivity index (χ2v) is 4.63. The van der Waals surface area contributed by atoms with Crippen LogP contribution < -0.4 is 5.32 Å². The molecule has 1 N–H and O–H groups in total. The summed E-state index contributed by atoms with van der Waals surface area (Å²) in [7, 11) is 0. The first kappa shape index (κ1) is 12.5. The molecule has 1 aromatic rings. The van der Waals surface area contributed by atoms with Crippen molar-refractivity contribution in [2.75, 3.05) is 6.54 Å². The lowest BCUT2D eigenvalue weighted by Crippen LogP contribution is -2.22. The van der Waals surface area contributed by atoms with Gasteiger partial charge in [-0.1, -0.05) is 13.0 Å². The molecule has 0 aliphatic heterocycles. The van der Waals surface area contributed by atoms with E-state index in [9.17, 15) is 0 Å². The molecule has 0 saturated heterocycles. The Bertz CT molecular complexity index is 290. The monoisotopic (exact) mass is 223 g/mol. The molecule has 84 valence electrons. The van der Waals surface area contributed by atoms with Gasteiger partial charge in [-0.25, -0.2) is 0 Å². The number of allylic oxidation sites excluding steroid dienone is 1. The second kappa shape index (κ2) is 6.81. The topological polar surface area (TPSA) is 12.0 Å². The minimum absolute atomic E-state index is 0.509. The fourth-order valence-electron chi connectivity index (χ4n) is 1.70. The van der Waals surface area contributed by atoms with Crippen molar-refractivity contribution >= 4 is 11.3 Å². The average Bonchev–Trinajstić information content (AvgIpc) is 2.65. The van der Waals surface area contributed by atoms with Crippen LogP contribution in [0.4, 0.5) is 0 Å². The van der Waals surface area contributed by atoms with Crippen LogP contribution in [0.2, 0.25) is 0 Å². The summed E-state index contributed by atoms with van der Waals surface area (Å²) < 4.78 is 0. The maximum Gasteiger partial charge on any atom is 0.0334 e. The van der Waals surface area contributed by atoms with Crippen LogP contribution in [0.15, 0.2) is 23.4 Å². The number of nitrogens with one attached hydrogen (secondary N) is 1. The zero-order valence-corrected chi connectivity index (χ0v) is 10.6. The van der Waals surface area contributed by atoms with Crippen LogP contribution in [-0.2, 0) is 0 Å². The molecule has 1 atom stereocenters. The van der Waals surface area contributed by atoms with Crippen molar-refractivity contribution in [3.05, 3.63) is 34.5 Å². The quantitative estimate of drug-likeness (QED) is 0.687. The van der Waals surface area contributed by atoms with Gasteiger partial charge in [0, 0.05) is 6.04 Å². The molecular weight excluding hydrogens is 202 g/mol. The Kier molecular flexibility index (Phi) is 5.66. The van der Waals surface area contributed by atoms with Gasteiger partial charge in [0.1, 0.15) is 0 Å². The lowest BCUT2D eigenvalue weighted by Gasteiger charge is -2.18. The van der Waals surface area contributed by atoms with Gasteiger partial charge in [0.05, 0.1) is 0 Å². The van der Waals surface area contributed by atoms with Gasteiger partial charge in [0.2, 0.25) is 0 Å². The van der Waals surface area contributed by atoms with Crippen LogP contribution in [-0.4, -0.2) is 6.54 Å². The highest BCUT2D eigenvalue weighted by Crippen LogP contribution is 2.25. The van der Waals surface area contributed by atoms with Crippen LogP contribution in [0.5, 0.6) is 0 Å². The summed E-state index contributed by atoms with van der Waals surface area (Å²) in [5, 5.41) is 8.10. The van der Waals surface area contributed by atoms with Crippen molar-refractivity contribution in [3.63, 3.8) is 0 Å². The lowest BCUT2D eigenvalue weighted by atomic mass is 10.0. The lowest BCUT2D eigenvalue weighted by molar-refractivity contribution is 0.502. The molecule has 0 spiro atoms. The van der Waals surface area contributed by atoms with Gasteiger partial charge < -0.3 is 5.32 Å². The summed E-state index contributed by atoms with van der Waals surface area (Å²) >= 11 is 1.80. The summed E-state index contributed by atoms with van der Waals surface area (Å²) in [4.78, 5) is 0. The Morgan fingerprint density at radius 3 is 2.87 bits per heavy atom. The first-order valence-corrected chi connectivity index (χ1v) is 6.60. The molecule has 1 aromatic heterocycles. The minimum Gasteiger partial charge on any atom is -0.310 e. The number of hydrogen-bond donors (Lipinski definition) is 1. The van der Waals surface area contributed by atoms with Gasteiger partial charge in [-0.15, -0.1) is 6.58 Å². The number of hydrogen-bond acceptors (Lipinski definition) is 2. The maximum absolute atomic E-state index is 3.79. The van der Waals surface area contributed by atoms with E-state index < -0.39 is 0 Å². The Hall–Kier alpha value is -0.600. The van der Waals surface area contributed by atoms with Gasteiger partial charge in [0.15, 0.2) is 0 Å². The highest BCUT2D eigenvalue weighted by molar-refractivity contribution is 7.08. The van der Waals surface area contributed by atoms with E-state index in [-0.39, 0.29) is 0 Å². The van der Waals surface area contributed by atoms with Gasteiger partial charge in [0.25, 0.3) is 0 Å². The Morgan fingerprint density at radius 1 is 1.53 bits per heavy atom. The zero-order valence-electron chi connectivity index (χ0n) is 9.75. The van der Waals surface area contributed by atoms with Crippen LogP contribution in [0.25, 0.3) is 0 Å². The molecule has 0 amide bonds. The maximum atomic E-state index is 3.79. The number of aryl methyl sites for hydroxylation is 1. The van der Waals surface area contributed by atoms with Crippen molar-refractivity contribution in [2.24, 2.45) is 0 Å². The van der Waals surface area contributed by atoms with Crippen molar-refractivity contribution in [1.29, 1.82) is 0 Å². The smallest absolute Gasteiger partial charge is 0.0334 e. The third-order valence-electron chi connectivity index (χ3n) is 2.57. The van der Waals surface area contributed by atoms with Crippen molar-refractivity contribution in [3.8, 4) is 0 Å². The molecule has 1 unspecified atom stereocenters. The van der Waals surface area contributed by atoms with Gasteiger partial charge >= 0.3 is 0 Å². The van der Waals surface area contributed by atoms with E-state index >= 15 is 0 Å². The molecule has 0 radical (unpaired) electrons. The molecule has 0 aliphatic rings. The molecule has 1 heterocycles. The summed E-state index contributed by atoms with van der Waals surface area (Å²) in [5.74, 6) is 0. The number of rotatable bonds is 7. The molecule has 15 heavy (non-hydrogen) atoms. The van der Waals surface area contributed by atoms with Crippen LogP contribution in [0, 0.1) is 6.92 Å². The van der Waals surface area contributed by atoms with E-state index in [2.05, 4.69) is 36.5 Å². The average molecular weight is 223 g/mol. The SMILES string of the molecule is C=CCCC(NCCC)c1cscc1C. The standard InChI is InChI=1S/C13H21NS/c1-4-6-7-13(14-8-5-2)12-10-15-9-11(12)3/h4,9-10,13-14H,1,5-8H2,2-3H3. The molecule has 0 fully saturated rings. The molecule has 2 heteroatoms. The highest BCUT2D eigenvalue weighted by Gasteiger charge is 2.12. The molecular formula is C13H21NS. The van der Waals surface area contributed by atoms with Crippen molar-refractivity contribution < 1.29 is 0 Å². The zero-order chi connectivity index (χ0) is 11.1. The largest absolute Gasteiger partial charge is 0.310 e. The molecule has 1 nitrogen and oxygen atoms in total. The van der Waals surface area contributed by atoms with E-state index in [4.69, 9.17) is 0 Å². The molecule has 0 bridgehead atoms. The third-order valence-corrected chi connectivity index (χ3v) is 3.45. The molecule has 0 aromatic carbocycles. The van der Waals surface area contributed by atoms with Gasteiger partial charge in [-0.3, -0.25) is 0 Å². The molecule has 0 saturated carbocycles. The van der Waals surface area contributed by atoms with Crippen molar-refractivity contribution in [1.82, 2.24) is 5.32 Å². The van der Waals surface area contributed by atoms with Crippen molar-refractivity contribution in [2.45, 2.75) is 39.2 Å². The Morgan fingerprint density at radius 2 is 2.33 bits per heavy atom. The minimum atomic E-state index is 0.509. The molecule has 1 rings (SSSR count). The van der Waals surface area contributed by atoms with Crippen LogP contribution in [0.3, 0.4) is 0 Å². The highest BCUT2D eigenvalue weighted by atomic mass is 32.1. The fraction of sp³-hybridized carbons (Fsp3) is 0.538. The normalized spacial score (nSPS) is 12.7. The summed E-state index contributed by atoms with van der Waals surface area (Å²) in [6.45, 7) is 9.29. The molecule has 0 aliphatic carbocycles. The van der Waals surface area contributed by atoms with Crippen LogP contribution in [0.1, 0.15) is 43.4 Å². The second-order valence-electron chi connectivity index (χ2n) is 3.88.